The van der Waals surface area contributed by atoms with Crippen LogP contribution in [0, 0.1) is 15.2 Å². The van der Waals surface area contributed by atoms with E-state index >= 15 is 0 Å². The van der Waals surface area contributed by atoms with Crippen LogP contribution in [0.1, 0.15) is 10.4 Å². The van der Waals surface area contributed by atoms with E-state index in [0.29, 0.717) is 10.7 Å². The first kappa shape index (κ1) is 21.9. The van der Waals surface area contributed by atoms with Gasteiger partial charge in [0.15, 0.2) is 17.8 Å². The summed E-state index contributed by atoms with van der Waals surface area (Å²) in [6, 6.07) is 5.74. The maximum Gasteiger partial charge on any atom is 0.252 e. The van der Waals surface area contributed by atoms with E-state index in [1.165, 1.54) is 0 Å². The fourth-order valence-corrected chi connectivity index (χ4v) is 3.13. The average molecular weight is 533 g/mol. The molecule has 2 aromatic carbocycles. The summed E-state index contributed by atoms with van der Waals surface area (Å²) in [6.45, 7) is -0.686. The minimum absolute atomic E-state index is 0.302. The Hall–Kier alpha value is -1.40. The van der Waals surface area contributed by atoms with Crippen molar-refractivity contribution in [2.24, 2.45) is 5.73 Å². The Balaban J connectivity index is 2.12. The lowest BCUT2D eigenvalue weighted by atomic mass is 10.1. The molecule has 0 aliphatic heterocycles. The third-order valence-electron chi connectivity index (χ3n) is 3.38. The number of amides is 1. The van der Waals surface area contributed by atoms with Gasteiger partial charge in [0, 0.05) is 3.57 Å². The summed E-state index contributed by atoms with van der Waals surface area (Å²) >= 11 is 13.5. The molecular formula is C16H13Cl2F2IN2O4. The molecule has 0 aromatic heterocycles. The summed E-state index contributed by atoms with van der Waals surface area (Å²) < 4.78 is 33.4. The van der Waals surface area contributed by atoms with Gasteiger partial charge in [-0.2, -0.15) is 4.39 Å². The zero-order valence-corrected chi connectivity index (χ0v) is 17.0. The maximum absolute atomic E-state index is 14.0. The van der Waals surface area contributed by atoms with Crippen LogP contribution < -0.4 is 15.8 Å². The number of carbonyl (C=O) groups excluding carboxylic acids is 1. The van der Waals surface area contributed by atoms with Crippen molar-refractivity contribution in [2.75, 3.05) is 11.9 Å². The molecule has 0 aliphatic carbocycles. The maximum atomic E-state index is 14.0. The molecule has 2 atom stereocenters. The largest absolute Gasteiger partial charge is 0.487 e. The van der Waals surface area contributed by atoms with Crippen LogP contribution in [0.3, 0.4) is 0 Å². The molecule has 0 heterocycles. The first-order valence-electron chi connectivity index (χ1n) is 7.29. The summed E-state index contributed by atoms with van der Waals surface area (Å²) in [5, 5.41) is 22.2. The van der Waals surface area contributed by atoms with Crippen molar-refractivity contribution in [3.63, 3.8) is 0 Å². The summed E-state index contributed by atoms with van der Waals surface area (Å²) in [5.74, 6) is -4.89. The fourth-order valence-electron chi connectivity index (χ4n) is 2.02. The zero-order valence-electron chi connectivity index (χ0n) is 13.3. The fraction of sp³-hybridized carbons (Fsp3) is 0.188. The predicted molar refractivity (Wildman–Crippen MR) is 105 cm³/mol. The second kappa shape index (κ2) is 9.20. The minimum atomic E-state index is -1.58. The van der Waals surface area contributed by atoms with Crippen molar-refractivity contribution in [3.8, 4) is 5.75 Å². The first-order chi connectivity index (χ1) is 12.6. The van der Waals surface area contributed by atoms with Gasteiger partial charge < -0.3 is 26.0 Å². The third kappa shape index (κ3) is 5.32. The number of carbonyl (C=O) groups is 1. The molecule has 0 fully saturated rings. The number of hydrogen-bond donors (Lipinski definition) is 4. The number of ether oxygens (including phenoxy) is 1. The molecule has 2 aromatic rings. The van der Waals surface area contributed by atoms with Crippen molar-refractivity contribution < 1.29 is 28.5 Å². The Kier molecular flexibility index (Phi) is 7.46. The van der Waals surface area contributed by atoms with Crippen molar-refractivity contribution in [3.05, 3.63) is 55.1 Å². The van der Waals surface area contributed by atoms with Gasteiger partial charge in [0.1, 0.15) is 12.7 Å². The van der Waals surface area contributed by atoms with E-state index in [1.54, 1.807) is 18.2 Å². The number of nitrogens with two attached hydrogens (primary N) is 1. The summed E-state index contributed by atoms with van der Waals surface area (Å²) in [7, 11) is 0. The summed E-state index contributed by atoms with van der Waals surface area (Å²) in [6.07, 6.45) is -3.14. The van der Waals surface area contributed by atoms with Crippen molar-refractivity contribution in [2.45, 2.75) is 12.3 Å². The third-order valence-corrected chi connectivity index (χ3v) is 4.64. The number of primary amides is 1. The SMILES string of the molecule is NC(=O)c1cc(Cl)c(F)c(F)c1OCC(O)C(O)Nc1ccc(I)cc1Cl. The molecule has 27 heavy (non-hydrogen) atoms. The number of halogens is 5. The van der Waals surface area contributed by atoms with Crippen LogP contribution in [-0.2, 0) is 0 Å². The van der Waals surface area contributed by atoms with Crippen LogP contribution in [0.5, 0.6) is 5.75 Å². The van der Waals surface area contributed by atoms with E-state index in [0.717, 1.165) is 9.64 Å². The second-order valence-electron chi connectivity index (χ2n) is 5.32. The van der Waals surface area contributed by atoms with E-state index < -0.39 is 52.8 Å². The highest BCUT2D eigenvalue weighted by atomic mass is 127. The summed E-state index contributed by atoms with van der Waals surface area (Å²) in [4.78, 5) is 11.4. The van der Waals surface area contributed by atoms with E-state index in [2.05, 4.69) is 5.32 Å². The molecule has 2 unspecified atom stereocenters. The standard InChI is InChI=1S/C16H13Cl2F2IN2O4/c17-8-3-6(21)1-2-10(8)23-16(26)11(24)5-27-14-7(15(22)25)4-9(18)12(19)13(14)20/h1-4,11,16,23-24,26H,5H2,(H2,22,25). The highest BCUT2D eigenvalue weighted by Crippen LogP contribution is 2.31. The van der Waals surface area contributed by atoms with Crippen molar-refractivity contribution >= 4 is 57.4 Å². The molecule has 2 rings (SSSR count). The molecule has 6 nitrogen and oxygen atoms in total. The van der Waals surface area contributed by atoms with Crippen LogP contribution in [0.2, 0.25) is 10.0 Å². The van der Waals surface area contributed by atoms with Gasteiger partial charge in [-0.05, 0) is 46.9 Å². The monoisotopic (exact) mass is 532 g/mol. The number of benzene rings is 2. The van der Waals surface area contributed by atoms with Crippen molar-refractivity contribution in [1.82, 2.24) is 0 Å². The normalized spacial score (nSPS) is 13.1. The lowest BCUT2D eigenvalue weighted by molar-refractivity contribution is 0.00585. The minimum Gasteiger partial charge on any atom is -0.487 e. The molecule has 1 amide bonds. The predicted octanol–water partition coefficient (Wildman–Crippen LogP) is 3.15. The van der Waals surface area contributed by atoms with Gasteiger partial charge in [0.05, 0.1) is 21.3 Å². The van der Waals surface area contributed by atoms with Gasteiger partial charge in [0.2, 0.25) is 5.82 Å². The van der Waals surface area contributed by atoms with Crippen LogP contribution in [-0.4, -0.2) is 35.1 Å². The number of rotatable bonds is 7. The van der Waals surface area contributed by atoms with E-state index in [-0.39, 0.29) is 0 Å². The molecule has 0 spiro atoms. The lowest BCUT2D eigenvalue weighted by Gasteiger charge is -2.22. The number of hydrogen-bond acceptors (Lipinski definition) is 5. The quantitative estimate of drug-likeness (QED) is 0.249. The van der Waals surface area contributed by atoms with Gasteiger partial charge in [-0.25, -0.2) is 4.39 Å². The van der Waals surface area contributed by atoms with Gasteiger partial charge in [0.25, 0.3) is 5.91 Å². The molecule has 5 N–H and O–H groups in total. The van der Waals surface area contributed by atoms with E-state index in [1.807, 2.05) is 22.6 Å². The van der Waals surface area contributed by atoms with Gasteiger partial charge in [-0.1, -0.05) is 23.2 Å². The molecule has 0 bridgehead atoms. The molecular weight excluding hydrogens is 520 g/mol. The summed E-state index contributed by atoms with van der Waals surface area (Å²) in [5.41, 5.74) is 4.93. The van der Waals surface area contributed by atoms with Gasteiger partial charge in [-0.3, -0.25) is 4.79 Å². The van der Waals surface area contributed by atoms with Gasteiger partial charge >= 0.3 is 0 Å². The van der Waals surface area contributed by atoms with Crippen LogP contribution in [0.25, 0.3) is 0 Å². The first-order valence-corrected chi connectivity index (χ1v) is 9.13. The Morgan fingerprint density at radius 2 is 1.89 bits per heavy atom. The van der Waals surface area contributed by atoms with E-state index in [9.17, 15) is 23.8 Å². The molecule has 146 valence electrons. The smallest absolute Gasteiger partial charge is 0.252 e. The Morgan fingerprint density at radius 3 is 2.48 bits per heavy atom. The zero-order chi connectivity index (χ0) is 20.3. The van der Waals surface area contributed by atoms with Crippen LogP contribution >= 0.6 is 45.8 Å². The van der Waals surface area contributed by atoms with Gasteiger partial charge in [-0.15, -0.1) is 0 Å². The number of aliphatic hydroxyl groups excluding tert-OH is 2. The number of nitrogens with one attached hydrogen (secondary N) is 1. The molecule has 0 radical (unpaired) electrons. The number of aliphatic hydroxyl groups is 2. The van der Waals surface area contributed by atoms with Crippen LogP contribution in [0.4, 0.5) is 14.5 Å². The Bertz CT molecular complexity index is 873. The van der Waals surface area contributed by atoms with Crippen LogP contribution in [0.15, 0.2) is 24.3 Å². The lowest BCUT2D eigenvalue weighted by Crippen LogP contribution is -2.38. The molecule has 11 heteroatoms. The van der Waals surface area contributed by atoms with E-state index in [4.69, 9.17) is 33.7 Å². The average Bonchev–Trinajstić information content (AvgIpc) is 2.60. The Labute approximate surface area is 176 Å². The highest BCUT2D eigenvalue weighted by Gasteiger charge is 2.24. The highest BCUT2D eigenvalue weighted by molar-refractivity contribution is 14.1. The Morgan fingerprint density at radius 1 is 1.22 bits per heavy atom. The molecule has 0 aliphatic rings. The molecule has 0 saturated carbocycles. The number of anilines is 1. The topological polar surface area (TPSA) is 105 Å². The molecule has 0 saturated heterocycles. The van der Waals surface area contributed by atoms with Crippen molar-refractivity contribution in [1.29, 1.82) is 0 Å². The second-order valence-corrected chi connectivity index (χ2v) is 7.38.